The summed E-state index contributed by atoms with van der Waals surface area (Å²) in [5.41, 5.74) is 0.371. The van der Waals surface area contributed by atoms with E-state index in [1.54, 1.807) is 19.1 Å². The Hall–Kier alpha value is -2.63. The Balaban J connectivity index is 1.80. The third-order valence-electron chi connectivity index (χ3n) is 5.16. The lowest BCUT2D eigenvalue weighted by molar-refractivity contribution is -0.141. The van der Waals surface area contributed by atoms with Crippen LogP contribution in [0, 0.1) is 6.92 Å². The third kappa shape index (κ3) is 4.19. The number of aliphatic carboxylic acids is 1. The first-order valence-corrected chi connectivity index (χ1v) is 10.6. The molecule has 2 aromatic heterocycles. The van der Waals surface area contributed by atoms with Gasteiger partial charge in [0.05, 0.1) is 19.2 Å². The van der Waals surface area contributed by atoms with Crippen LogP contribution in [-0.4, -0.2) is 51.3 Å². The van der Waals surface area contributed by atoms with Gasteiger partial charge in [0, 0.05) is 28.8 Å². The van der Waals surface area contributed by atoms with Crippen molar-refractivity contribution in [2.75, 3.05) is 13.7 Å². The van der Waals surface area contributed by atoms with E-state index in [0.717, 1.165) is 16.7 Å². The number of nitrogens with zero attached hydrogens (tertiary/aromatic N) is 3. The zero-order valence-corrected chi connectivity index (χ0v) is 18.4. The molecule has 32 heavy (non-hydrogen) atoms. The number of hydrogen-bond acceptors (Lipinski definition) is 7. The van der Waals surface area contributed by atoms with Crippen LogP contribution < -0.4 is 9.47 Å². The van der Waals surface area contributed by atoms with Gasteiger partial charge in [-0.2, -0.15) is 13.2 Å². The Morgan fingerprint density at radius 1 is 1.31 bits per heavy atom. The second-order valence-corrected chi connectivity index (χ2v) is 8.53. The summed E-state index contributed by atoms with van der Waals surface area (Å²) in [5, 5.41) is 10.9. The molecule has 1 aliphatic rings. The van der Waals surface area contributed by atoms with Gasteiger partial charge in [0.2, 0.25) is 0 Å². The SMILES string of the molecule is COc1ccc2c(O[C@H]3C[C@@H](C(=O)O)N(Cl)C3)cc(-c3nc(C(F)(F)F)cs3)nc2c1C. The van der Waals surface area contributed by atoms with Crippen LogP contribution in [0.1, 0.15) is 17.7 Å². The standard InChI is InChI=1S/C20H17ClF3N3O4S/c1-9-14(30-2)4-3-11-15(31-10-5-13(19(28)29)27(21)7-10)6-12(25-17(9)11)18-26-16(8-32-18)20(22,23)24/h3-4,6,8,10,13H,5,7H2,1-2H3,(H,28,29)/t10-,13-/m0/s1. The lowest BCUT2D eigenvalue weighted by atomic mass is 10.1. The fourth-order valence-electron chi connectivity index (χ4n) is 3.57. The molecular weight excluding hydrogens is 471 g/mol. The van der Waals surface area contributed by atoms with Crippen molar-refractivity contribution >= 4 is 40.0 Å². The maximum atomic E-state index is 13.0. The number of benzene rings is 1. The number of carboxylic acid groups (broad SMARTS) is 1. The lowest BCUT2D eigenvalue weighted by Gasteiger charge is -2.17. The highest BCUT2D eigenvalue weighted by molar-refractivity contribution is 7.13. The highest BCUT2D eigenvalue weighted by Crippen LogP contribution is 2.39. The fourth-order valence-corrected chi connectivity index (χ4v) is 4.68. The van der Waals surface area contributed by atoms with Crippen LogP contribution in [0.4, 0.5) is 13.2 Å². The van der Waals surface area contributed by atoms with E-state index in [1.165, 1.54) is 17.6 Å². The lowest BCUT2D eigenvalue weighted by Crippen LogP contribution is -2.28. The number of halogens is 4. The predicted molar refractivity (Wildman–Crippen MR) is 112 cm³/mol. The van der Waals surface area contributed by atoms with Crippen molar-refractivity contribution in [1.29, 1.82) is 0 Å². The van der Waals surface area contributed by atoms with E-state index in [4.69, 9.17) is 21.3 Å². The molecule has 1 N–H and O–H groups in total. The number of methoxy groups -OCH3 is 1. The average molecular weight is 488 g/mol. The van der Waals surface area contributed by atoms with Crippen molar-refractivity contribution in [2.24, 2.45) is 0 Å². The Kier molecular flexibility index (Phi) is 5.91. The molecule has 0 unspecified atom stereocenters. The second-order valence-electron chi connectivity index (χ2n) is 7.24. The van der Waals surface area contributed by atoms with Crippen molar-refractivity contribution in [3.05, 3.63) is 34.8 Å². The van der Waals surface area contributed by atoms with Crippen molar-refractivity contribution < 1.29 is 32.5 Å². The number of aryl methyl sites for hydroxylation is 1. The smallest absolute Gasteiger partial charge is 0.434 e. The van der Waals surface area contributed by atoms with Crippen LogP contribution in [0.3, 0.4) is 0 Å². The van der Waals surface area contributed by atoms with Crippen LogP contribution in [0.2, 0.25) is 0 Å². The molecule has 1 aliphatic heterocycles. The molecule has 2 atom stereocenters. The molecule has 0 amide bonds. The molecule has 0 aliphatic carbocycles. The molecular formula is C20H17ClF3N3O4S. The van der Waals surface area contributed by atoms with E-state index in [0.29, 0.717) is 28.0 Å². The minimum absolute atomic E-state index is 0.0834. The first-order chi connectivity index (χ1) is 15.1. The summed E-state index contributed by atoms with van der Waals surface area (Å²) in [6.07, 6.45) is -4.94. The van der Waals surface area contributed by atoms with Gasteiger partial charge < -0.3 is 14.6 Å². The summed E-state index contributed by atoms with van der Waals surface area (Å²) in [5.74, 6) is -0.156. The molecule has 1 saturated heterocycles. The van der Waals surface area contributed by atoms with E-state index in [9.17, 15) is 23.1 Å². The summed E-state index contributed by atoms with van der Waals surface area (Å²) in [4.78, 5) is 19.6. The molecule has 3 heterocycles. The maximum Gasteiger partial charge on any atom is 0.434 e. The van der Waals surface area contributed by atoms with E-state index in [2.05, 4.69) is 9.97 Å². The number of thiazole rings is 1. The van der Waals surface area contributed by atoms with E-state index in [1.807, 2.05) is 0 Å². The Bertz CT molecular complexity index is 1190. The Morgan fingerprint density at radius 2 is 2.06 bits per heavy atom. The number of alkyl halides is 3. The summed E-state index contributed by atoms with van der Waals surface area (Å²) in [6.45, 7) is 1.95. The number of rotatable bonds is 5. The molecule has 170 valence electrons. The van der Waals surface area contributed by atoms with Gasteiger partial charge in [0.15, 0.2) is 5.69 Å². The normalized spacial score (nSPS) is 19.4. The molecule has 0 radical (unpaired) electrons. The zero-order chi connectivity index (χ0) is 23.2. The van der Waals surface area contributed by atoms with Gasteiger partial charge in [-0.3, -0.25) is 4.79 Å². The van der Waals surface area contributed by atoms with Crippen LogP contribution in [-0.2, 0) is 11.0 Å². The van der Waals surface area contributed by atoms with E-state index < -0.39 is 30.0 Å². The fraction of sp³-hybridized carbons (Fsp3) is 0.350. The van der Waals surface area contributed by atoms with Crippen LogP contribution in [0.25, 0.3) is 21.6 Å². The maximum absolute atomic E-state index is 13.0. The summed E-state index contributed by atoms with van der Waals surface area (Å²) >= 11 is 6.84. The molecule has 7 nitrogen and oxygen atoms in total. The molecule has 12 heteroatoms. The molecule has 0 spiro atoms. The van der Waals surface area contributed by atoms with Gasteiger partial charge in [-0.15, -0.1) is 11.3 Å². The largest absolute Gasteiger partial charge is 0.496 e. The number of carbonyl (C=O) groups is 1. The van der Waals surface area contributed by atoms with Crippen molar-refractivity contribution in [3.8, 4) is 22.2 Å². The predicted octanol–water partition coefficient (Wildman–Crippen LogP) is 4.75. The van der Waals surface area contributed by atoms with E-state index in [-0.39, 0.29) is 23.7 Å². The monoisotopic (exact) mass is 487 g/mol. The van der Waals surface area contributed by atoms with Crippen molar-refractivity contribution in [1.82, 2.24) is 14.4 Å². The average Bonchev–Trinajstić information content (AvgIpc) is 3.35. The molecule has 3 aromatic rings. The van der Waals surface area contributed by atoms with Crippen molar-refractivity contribution in [2.45, 2.75) is 31.7 Å². The summed E-state index contributed by atoms with van der Waals surface area (Å²) in [7, 11) is 1.51. The first-order valence-electron chi connectivity index (χ1n) is 9.41. The van der Waals surface area contributed by atoms with Gasteiger partial charge in [0.25, 0.3) is 0 Å². The summed E-state index contributed by atoms with van der Waals surface area (Å²) < 4.78 is 51.7. The van der Waals surface area contributed by atoms with Gasteiger partial charge in [-0.25, -0.2) is 14.4 Å². The summed E-state index contributed by atoms with van der Waals surface area (Å²) in [6, 6.07) is 4.09. The van der Waals surface area contributed by atoms with Crippen LogP contribution in [0.15, 0.2) is 23.6 Å². The quantitative estimate of drug-likeness (QED) is 0.520. The number of ether oxygens (including phenoxy) is 2. The van der Waals surface area contributed by atoms with Gasteiger partial charge in [-0.1, -0.05) is 0 Å². The number of carboxylic acids is 1. The molecule has 0 saturated carbocycles. The van der Waals surface area contributed by atoms with Crippen LogP contribution >= 0.6 is 23.1 Å². The highest BCUT2D eigenvalue weighted by atomic mass is 35.5. The number of aromatic nitrogens is 2. The Labute approximate surface area is 189 Å². The number of fused-ring (bicyclic) bond motifs is 1. The molecule has 1 fully saturated rings. The van der Waals surface area contributed by atoms with Gasteiger partial charge in [0.1, 0.15) is 34.3 Å². The molecule has 0 bridgehead atoms. The van der Waals surface area contributed by atoms with Crippen LogP contribution in [0.5, 0.6) is 11.5 Å². The van der Waals surface area contributed by atoms with Gasteiger partial charge >= 0.3 is 12.1 Å². The van der Waals surface area contributed by atoms with Gasteiger partial charge in [-0.05, 0) is 30.8 Å². The Morgan fingerprint density at radius 3 is 2.66 bits per heavy atom. The first kappa shape index (κ1) is 22.6. The minimum Gasteiger partial charge on any atom is -0.496 e. The van der Waals surface area contributed by atoms with E-state index >= 15 is 0 Å². The second kappa shape index (κ2) is 8.38. The highest BCUT2D eigenvalue weighted by Gasteiger charge is 2.38. The number of hydrogen-bond donors (Lipinski definition) is 1. The molecule has 1 aromatic carbocycles. The minimum atomic E-state index is -4.57. The third-order valence-corrected chi connectivity index (χ3v) is 6.40. The molecule has 4 rings (SSSR count). The topological polar surface area (TPSA) is 84.8 Å². The zero-order valence-electron chi connectivity index (χ0n) is 16.8. The van der Waals surface area contributed by atoms with Crippen molar-refractivity contribution in [3.63, 3.8) is 0 Å². The number of pyridine rings is 1.